The fourth-order valence-corrected chi connectivity index (χ4v) is 1.13. The van der Waals surface area contributed by atoms with Crippen molar-refractivity contribution in [1.82, 2.24) is 4.72 Å². The van der Waals surface area contributed by atoms with E-state index in [1.165, 1.54) is 0 Å². The molecule has 5 heteroatoms. The van der Waals surface area contributed by atoms with E-state index in [1.807, 2.05) is 20.8 Å². The van der Waals surface area contributed by atoms with E-state index in [1.54, 1.807) is 0 Å². The second kappa shape index (κ2) is 3.74. The average molecular weight is 200 g/mol. The Morgan fingerprint density at radius 3 is 2.18 bits per heavy atom. The zero-order valence-corrected chi connectivity index (χ0v) is 8.59. The van der Waals surface area contributed by atoms with Gasteiger partial charge in [-0.05, 0) is 11.8 Å². The lowest BCUT2D eigenvalue weighted by Gasteiger charge is -2.21. The molecule has 68 valence electrons. The minimum Gasteiger partial charge on any atom is -0.202 e. The maximum atomic E-state index is 10.4. The topological polar surface area (TPSA) is 46.2 Å². The van der Waals surface area contributed by atoms with Crippen LogP contribution in [0.2, 0.25) is 0 Å². The van der Waals surface area contributed by atoms with E-state index in [-0.39, 0.29) is 5.41 Å². The third-order valence-corrected chi connectivity index (χ3v) is 2.50. The summed E-state index contributed by atoms with van der Waals surface area (Å²) in [5.41, 5.74) is -0.0258. The third kappa shape index (κ3) is 6.59. The minimum atomic E-state index is -3.55. The van der Waals surface area contributed by atoms with Crippen LogP contribution in [-0.4, -0.2) is 15.0 Å². The molecule has 0 aromatic rings. The van der Waals surface area contributed by atoms with Gasteiger partial charge in [-0.2, -0.15) is 8.42 Å². The number of hydrogen-bond acceptors (Lipinski definition) is 2. The number of nitrogens with one attached hydrogen (secondary N) is 1. The highest BCUT2D eigenvalue weighted by Crippen LogP contribution is 2.18. The van der Waals surface area contributed by atoms with E-state index >= 15 is 0 Å². The molecule has 0 aliphatic rings. The quantitative estimate of drug-likeness (QED) is 0.698. The number of hydrogen-bond donors (Lipinski definition) is 1. The highest BCUT2D eigenvalue weighted by Gasteiger charge is 2.17. The Labute approximate surface area is 72.7 Å². The molecule has 0 atom stereocenters. The lowest BCUT2D eigenvalue weighted by atomic mass is 9.91. The minimum absolute atomic E-state index is 0.0258. The Balaban J connectivity index is 3.90. The summed E-state index contributed by atoms with van der Waals surface area (Å²) < 4.78 is 23.1. The van der Waals surface area contributed by atoms with E-state index in [9.17, 15) is 8.42 Å². The van der Waals surface area contributed by atoms with E-state index < -0.39 is 9.24 Å². The fraction of sp³-hybridized carbons (Fsp3) is 1.00. The van der Waals surface area contributed by atoms with Crippen LogP contribution >= 0.6 is 10.7 Å². The molecule has 11 heavy (non-hydrogen) atoms. The van der Waals surface area contributed by atoms with Gasteiger partial charge in [-0.25, -0.2) is 4.72 Å². The summed E-state index contributed by atoms with van der Waals surface area (Å²) in [7, 11) is 1.41. The molecule has 0 aliphatic carbocycles. The standard InChI is InChI=1S/C6H14ClNO2S/c1-4-6(2,3)5-8-11(7,9)10/h8H,4-5H2,1-3H3. The van der Waals surface area contributed by atoms with Gasteiger partial charge < -0.3 is 0 Å². The van der Waals surface area contributed by atoms with Crippen LogP contribution in [0.4, 0.5) is 0 Å². The van der Waals surface area contributed by atoms with Crippen molar-refractivity contribution in [2.24, 2.45) is 5.41 Å². The summed E-state index contributed by atoms with van der Waals surface area (Å²) in [6, 6.07) is 0. The molecule has 0 saturated carbocycles. The van der Waals surface area contributed by atoms with Gasteiger partial charge in [0.1, 0.15) is 0 Å². The Morgan fingerprint density at radius 1 is 1.45 bits per heavy atom. The zero-order chi connectivity index (χ0) is 9.12. The highest BCUT2D eigenvalue weighted by atomic mass is 35.7. The van der Waals surface area contributed by atoms with Crippen LogP contribution in [0.1, 0.15) is 27.2 Å². The van der Waals surface area contributed by atoms with Gasteiger partial charge in [-0.3, -0.25) is 0 Å². The number of rotatable bonds is 4. The molecule has 0 bridgehead atoms. The van der Waals surface area contributed by atoms with Gasteiger partial charge in [0.2, 0.25) is 0 Å². The summed E-state index contributed by atoms with van der Waals surface area (Å²) >= 11 is 0. The molecule has 0 saturated heterocycles. The molecule has 0 aromatic carbocycles. The molecular weight excluding hydrogens is 186 g/mol. The number of halogens is 1. The lowest BCUT2D eigenvalue weighted by Crippen LogP contribution is -2.30. The van der Waals surface area contributed by atoms with Crippen molar-refractivity contribution in [3.63, 3.8) is 0 Å². The molecule has 0 aliphatic heterocycles. The third-order valence-electron chi connectivity index (χ3n) is 1.68. The molecule has 0 aromatic heterocycles. The molecule has 0 radical (unpaired) electrons. The maximum Gasteiger partial charge on any atom is 0.297 e. The van der Waals surface area contributed by atoms with Gasteiger partial charge in [0.15, 0.2) is 0 Å². The van der Waals surface area contributed by atoms with Crippen LogP contribution in [0.25, 0.3) is 0 Å². The summed E-state index contributed by atoms with van der Waals surface area (Å²) in [5.74, 6) is 0. The van der Waals surface area contributed by atoms with Gasteiger partial charge in [0.25, 0.3) is 9.24 Å². The second-order valence-corrected chi connectivity index (χ2v) is 5.66. The van der Waals surface area contributed by atoms with Crippen molar-refractivity contribution in [3.05, 3.63) is 0 Å². The predicted octanol–water partition coefficient (Wildman–Crippen LogP) is 1.50. The van der Waals surface area contributed by atoms with Crippen molar-refractivity contribution >= 4 is 19.9 Å². The van der Waals surface area contributed by atoms with Gasteiger partial charge in [-0.1, -0.05) is 20.8 Å². The van der Waals surface area contributed by atoms with Gasteiger partial charge in [-0.15, -0.1) is 0 Å². The van der Waals surface area contributed by atoms with E-state index in [2.05, 4.69) is 4.72 Å². The van der Waals surface area contributed by atoms with Crippen LogP contribution in [-0.2, 0) is 9.24 Å². The molecule has 0 rings (SSSR count). The van der Waals surface area contributed by atoms with Gasteiger partial charge in [0, 0.05) is 17.2 Å². The lowest BCUT2D eigenvalue weighted by molar-refractivity contribution is 0.351. The molecule has 0 unspecified atom stereocenters. The molecule has 0 spiro atoms. The van der Waals surface area contributed by atoms with Crippen molar-refractivity contribution in [1.29, 1.82) is 0 Å². The predicted molar refractivity (Wildman–Crippen MR) is 46.8 cm³/mol. The highest BCUT2D eigenvalue weighted by molar-refractivity contribution is 8.12. The van der Waals surface area contributed by atoms with Crippen LogP contribution in [0.15, 0.2) is 0 Å². The average Bonchev–Trinajstić information content (AvgIpc) is 1.83. The van der Waals surface area contributed by atoms with E-state index in [0.29, 0.717) is 6.54 Å². The van der Waals surface area contributed by atoms with Gasteiger partial charge >= 0.3 is 0 Å². The first-order valence-electron chi connectivity index (χ1n) is 3.46. The van der Waals surface area contributed by atoms with Crippen molar-refractivity contribution < 1.29 is 8.42 Å². The smallest absolute Gasteiger partial charge is 0.202 e. The molecule has 1 N–H and O–H groups in total. The largest absolute Gasteiger partial charge is 0.297 e. The van der Waals surface area contributed by atoms with E-state index in [4.69, 9.17) is 10.7 Å². The molecule has 0 fully saturated rings. The molecule has 0 heterocycles. The normalized spacial score (nSPS) is 13.5. The first-order chi connectivity index (χ1) is 4.77. The van der Waals surface area contributed by atoms with Crippen molar-refractivity contribution in [2.45, 2.75) is 27.2 Å². The fourth-order valence-electron chi connectivity index (χ4n) is 0.407. The first kappa shape index (κ1) is 11.2. The van der Waals surface area contributed by atoms with Crippen LogP contribution in [0.3, 0.4) is 0 Å². The Hall–Kier alpha value is 0.200. The monoisotopic (exact) mass is 199 g/mol. The van der Waals surface area contributed by atoms with Crippen molar-refractivity contribution in [2.75, 3.05) is 6.54 Å². The van der Waals surface area contributed by atoms with Gasteiger partial charge in [0.05, 0.1) is 0 Å². The van der Waals surface area contributed by atoms with Crippen LogP contribution in [0.5, 0.6) is 0 Å². The summed E-state index contributed by atoms with van der Waals surface area (Å²) in [6.07, 6.45) is 0.909. The van der Waals surface area contributed by atoms with Crippen molar-refractivity contribution in [3.8, 4) is 0 Å². The van der Waals surface area contributed by atoms with Crippen LogP contribution < -0.4 is 4.72 Å². The molecule has 0 amide bonds. The second-order valence-electron chi connectivity index (χ2n) is 3.28. The zero-order valence-electron chi connectivity index (χ0n) is 7.02. The Kier molecular flexibility index (Phi) is 3.80. The van der Waals surface area contributed by atoms with E-state index in [0.717, 1.165) is 6.42 Å². The first-order valence-corrected chi connectivity index (χ1v) is 5.77. The summed E-state index contributed by atoms with van der Waals surface area (Å²) in [6.45, 7) is 6.34. The molecule has 3 nitrogen and oxygen atoms in total. The Bertz CT molecular complexity index is 211. The van der Waals surface area contributed by atoms with Crippen LogP contribution in [0, 0.1) is 5.41 Å². The Morgan fingerprint density at radius 2 is 1.91 bits per heavy atom. The SMILES string of the molecule is CCC(C)(C)CNS(=O)(=O)Cl. The molecular formula is C6H14ClNO2S. The summed E-state index contributed by atoms with van der Waals surface area (Å²) in [4.78, 5) is 0. The summed E-state index contributed by atoms with van der Waals surface area (Å²) in [5, 5.41) is 0. The maximum absolute atomic E-state index is 10.4.